The minimum atomic E-state index is -0.0750. The maximum absolute atomic E-state index is 10.1. The summed E-state index contributed by atoms with van der Waals surface area (Å²) >= 11 is 1.69. The van der Waals surface area contributed by atoms with Gasteiger partial charge in [-0.1, -0.05) is 0 Å². The van der Waals surface area contributed by atoms with E-state index in [1.54, 1.807) is 22.3 Å². The molecule has 0 spiro atoms. The van der Waals surface area contributed by atoms with E-state index in [1.807, 2.05) is 13.8 Å². The van der Waals surface area contributed by atoms with Gasteiger partial charge in [0, 0.05) is 0 Å². The molecule has 0 N–H and O–H groups in total. The Kier molecular flexibility index (Phi) is 2.87. The van der Waals surface area contributed by atoms with Gasteiger partial charge < -0.3 is 0 Å². The molecular formula is C5H10OTe. The Morgan fingerprint density at radius 3 is 2.14 bits per heavy atom. The first-order chi connectivity index (χ1) is 3.12. The van der Waals surface area contributed by atoms with Crippen LogP contribution in [0.2, 0.25) is 4.47 Å². The molecule has 0 aliphatic carbocycles. The van der Waals surface area contributed by atoms with Crippen molar-refractivity contribution in [1.82, 2.24) is 0 Å². The Bertz CT molecular complexity index is 68.5. The van der Waals surface area contributed by atoms with Crippen LogP contribution in [-0.4, -0.2) is 28.6 Å². The molecule has 2 heteroatoms. The van der Waals surface area contributed by atoms with Gasteiger partial charge in [0.1, 0.15) is 0 Å². The molecule has 7 heavy (non-hydrogen) atoms. The topological polar surface area (TPSA) is 17.1 Å². The SMILES string of the molecule is CC(C)(C=O)C[TeH]. The van der Waals surface area contributed by atoms with Gasteiger partial charge in [-0.25, -0.2) is 0 Å². The van der Waals surface area contributed by atoms with Crippen LogP contribution in [0.4, 0.5) is 0 Å². The zero-order chi connectivity index (χ0) is 5.91. The van der Waals surface area contributed by atoms with Gasteiger partial charge in [0.2, 0.25) is 0 Å². The van der Waals surface area contributed by atoms with Gasteiger partial charge in [-0.2, -0.15) is 0 Å². The number of carbonyl (C=O) groups is 1. The van der Waals surface area contributed by atoms with E-state index in [2.05, 4.69) is 0 Å². The summed E-state index contributed by atoms with van der Waals surface area (Å²) in [4.78, 5) is 10.1. The van der Waals surface area contributed by atoms with Crippen LogP contribution in [0, 0.1) is 5.41 Å². The van der Waals surface area contributed by atoms with Gasteiger partial charge in [0.05, 0.1) is 0 Å². The van der Waals surface area contributed by atoms with Gasteiger partial charge in [-0.05, 0) is 0 Å². The number of rotatable bonds is 2. The Labute approximate surface area is 57.4 Å². The van der Waals surface area contributed by atoms with E-state index in [0.29, 0.717) is 0 Å². The summed E-state index contributed by atoms with van der Waals surface area (Å²) in [5.41, 5.74) is -0.0750. The van der Waals surface area contributed by atoms with Crippen molar-refractivity contribution in [3.8, 4) is 0 Å². The third-order valence-electron chi connectivity index (χ3n) is 0.727. The first-order valence-electron chi connectivity index (χ1n) is 2.19. The Hall–Kier alpha value is 0.460. The predicted molar refractivity (Wildman–Crippen MR) is 31.8 cm³/mol. The molecule has 0 aromatic rings. The van der Waals surface area contributed by atoms with Crippen LogP contribution < -0.4 is 0 Å². The third kappa shape index (κ3) is 3.08. The first kappa shape index (κ1) is 7.46. The van der Waals surface area contributed by atoms with Crippen LogP contribution in [0.5, 0.6) is 0 Å². The molecule has 0 aromatic carbocycles. The van der Waals surface area contributed by atoms with Gasteiger partial charge in [0.15, 0.2) is 0 Å². The standard InChI is InChI=1S/C5H10OTe/c1-5(2,3-6)4-7/h3,7H,4H2,1-2H3. The van der Waals surface area contributed by atoms with Crippen molar-refractivity contribution in [2.75, 3.05) is 0 Å². The molecule has 0 heterocycles. The van der Waals surface area contributed by atoms with Crippen LogP contribution in [0.3, 0.4) is 0 Å². The summed E-state index contributed by atoms with van der Waals surface area (Å²) in [7, 11) is 0. The normalized spacial score (nSPS) is 11.3. The average Bonchev–Trinajstić information content (AvgIpc) is 1.68. The van der Waals surface area contributed by atoms with E-state index in [4.69, 9.17) is 0 Å². The second-order valence-corrected chi connectivity index (χ2v) is 3.17. The molecule has 0 saturated carbocycles. The molecule has 0 bridgehead atoms. The number of aldehydes is 1. The fraction of sp³-hybridized carbons (Fsp3) is 0.800. The fourth-order valence-corrected chi connectivity index (χ4v) is 0.250. The fourth-order valence-electron chi connectivity index (χ4n) is 0.0373. The molecule has 0 rings (SSSR count). The molecular weight excluding hydrogens is 204 g/mol. The van der Waals surface area contributed by atoms with Gasteiger partial charge in [0.25, 0.3) is 0 Å². The van der Waals surface area contributed by atoms with Crippen LogP contribution in [0.1, 0.15) is 13.8 Å². The summed E-state index contributed by atoms with van der Waals surface area (Å²) in [5, 5.41) is 0. The second-order valence-electron chi connectivity index (χ2n) is 2.26. The second kappa shape index (κ2) is 2.69. The molecule has 0 fully saturated rings. The number of hydrogen-bond acceptors (Lipinski definition) is 1. The van der Waals surface area contributed by atoms with Crippen molar-refractivity contribution in [2.24, 2.45) is 5.41 Å². The third-order valence-corrected chi connectivity index (χ3v) is 3.05. The van der Waals surface area contributed by atoms with E-state index in [1.165, 1.54) is 0 Å². The maximum atomic E-state index is 10.1. The van der Waals surface area contributed by atoms with Crippen molar-refractivity contribution in [3.05, 3.63) is 0 Å². The monoisotopic (exact) mass is 216 g/mol. The van der Waals surface area contributed by atoms with Gasteiger partial charge in [-0.3, -0.25) is 0 Å². The summed E-state index contributed by atoms with van der Waals surface area (Å²) in [6.07, 6.45) is 1.01. The summed E-state index contributed by atoms with van der Waals surface area (Å²) in [5.74, 6) is 0. The number of carbonyl (C=O) groups excluding carboxylic acids is 1. The Morgan fingerprint density at radius 1 is 1.71 bits per heavy atom. The molecule has 0 aromatic heterocycles. The average molecular weight is 214 g/mol. The van der Waals surface area contributed by atoms with E-state index in [-0.39, 0.29) is 5.41 Å². The van der Waals surface area contributed by atoms with Crippen LogP contribution in [0.25, 0.3) is 0 Å². The van der Waals surface area contributed by atoms with E-state index >= 15 is 0 Å². The van der Waals surface area contributed by atoms with Crippen LogP contribution in [0.15, 0.2) is 0 Å². The molecule has 1 nitrogen and oxygen atoms in total. The molecule has 0 radical (unpaired) electrons. The molecule has 42 valence electrons. The summed E-state index contributed by atoms with van der Waals surface area (Å²) in [6, 6.07) is 0. The zero-order valence-corrected chi connectivity index (χ0v) is 7.19. The minimum absolute atomic E-state index is 0.0750. The van der Waals surface area contributed by atoms with E-state index in [9.17, 15) is 4.79 Å². The van der Waals surface area contributed by atoms with Gasteiger partial charge >= 0.3 is 57.1 Å². The Balaban J connectivity index is 3.58. The number of hydrogen-bond donors (Lipinski definition) is 0. The zero-order valence-electron chi connectivity index (χ0n) is 4.64. The van der Waals surface area contributed by atoms with Crippen molar-refractivity contribution in [1.29, 1.82) is 0 Å². The van der Waals surface area contributed by atoms with E-state index < -0.39 is 0 Å². The molecule has 0 atom stereocenters. The molecule has 0 saturated heterocycles. The molecule has 0 aliphatic heterocycles. The van der Waals surface area contributed by atoms with Gasteiger partial charge in [-0.15, -0.1) is 0 Å². The van der Waals surface area contributed by atoms with Crippen molar-refractivity contribution in [3.63, 3.8) is 0 Å². The molecule has 0 unspecified atom stereocenters. The quantitative estimate of drug-likeness (QED) is 0.483. The molecule has 0 aliphatic rings. The van der Waals surface area contributed by atoms with Crippen molar-refractivity contribution >= 4 is 28.6 Å². The predicted octanol–water partition coefficient (Wildman–Crippen LogP) is 0.531. The first-order valence-corrected chi connectivity index (χ1v) is 4.00. The Morgan fingerprint density at radius 2 is 2.14 bits per heavy atom. The summed E-state index contributed by atoms with van der Waals surface area (Å²) < 4.78 is 0.977. The van der Waals surface area contributed by atoms with Crippen molar-refractivity contribution in [2.45, 2.75) is 18.3 Å². The van der Waals surface area contributed by atoms with Crippen molar-refractivity contribution < 1.29 is 4.79 Å². The summed E-state index contributed by atoms with van der Waals surface area (Å²) in [6.45, 7) is 3.89. The van der Waals surface area contributed by atoms with Crippen LogP contribution >= 0.6 is 0 Å². The van der Waals surface area contributed by atoms with Crippen LogP contribution in [-0.2, 0) is 4.79 Å². The molecule has 0 amide bonds. The van der Waals surface area contributed by atoms with E-state index in [0.717, 1.165) is 10.8 Å².